The van der Waals surface area contributed by atoms with Gasteiger partial charge in [-0.25, -0.2) is 4.79 Å². The minimum absolute atomic E-state index is 0.0165. The van der Waals surface area contributed by atoms with E-state index in [1.54, 1.807) is 0 Å². The van der Waals surface area contributed by atoms with Crippen molar-refractivity contribution in [1.29, 1.82) is 0 Å². The van der Waals surface area contributed by atoms with Crippen molar-refractivity contribution in [3.8, 4) is 5.75 Å². The highest BCUT2D eigenvalue weighted by atomic mass is 35.5. The van der Waals surface area contributed by atoms with Crippen LogP contribution in [-0.4, -0.2) is 37.9 Å². The molecule has 0 N–H and O–H groups in total. The van der Waals surface area contributed by atoms with Gasteiger partial charge in [-0.3, -0.25) is 0 Å². The van der Waals surface area contributed by atoms with Crippen LogP contribution in [0.4, 0.5) is 18.9 Å². The van der Waals surface area contributed by atoms with Crippen LogP contribution in [0.15, 0.2) is 11.6 Å². The number of benzene rings is 1. The van der Waals surface area contributed by atoms with Gasteiger partial charge in [0.15, 0.2) is 0 Å². The van der Waals surface area contributed by atoms with Crippen molar-refractivity contribution in [2.75, 3.05) is 24.6 Å². The van der Waals surface area contributed by atoms with Gasteiger partial charge >= 0.3 is 12.1 Å². The van der Waals surface area contributed by atoms with Gasteiger partial charge in [0.25, 0.3) is 0 Å². The molecule has 1 saturated heterocycles. The molecule has 142 valence electrons. The van der Waals surface area contributed by atoms with Crippen molar-refractivity contribution >= 4 is 40.9 Å². The lowest BCUT2D eigenvalue weighted by molar-refractivity contribution is -0.187. The van der Waals surface area contributed by atoms with Crippen LogP contribution in [-0.2, 0) is 9.53 Å². The van der Waals surface area contributed by atoms with Gasteiger partial charge in [-0.2, -0.15) is 13.2 Å². The number of alkyl halides is 3. The third-order valence-electron chi connectivity index (χ3n) is 4.24. The van der Waals surface area contributed by atoms with Crippen LogP contribution in [0.5, 0.6) is 5.75 Å². The first-order chi connectivity index (χ1) is 12.2. The summed E-state index contributed by atoms with van der Waals surface area (Å²) in [6.07, 6.45) is -4.27. The van der Waals surface area contributed by atoms with E-state index in [2.05, 4.69) is 0 Å². The highest BCUT2D eigenvalue weighted by Crippen LogP contribution is 2.48. The highest BCUT2D eigenvalue weighted by Gasteiger charge is 2.49. The molecule has 9 heteroatoms. The summed E-state index contributed by atoms with van der Waals surface area (Å²) < 4.78 is 50.2. The summed E-state index contributed by atoms with van der Waals surface area (Å²) >= 11 is 12.7. The molecule has 1 fully saturated rings. The van der Waals surface area contributed by atoms with Crippen molar-refractivity contribution in [3.05, 3.63) is 27.2 Å². The third-order valence-corrected chi connectivity index (χ3v) is 4.88. The van der Waals surface area contributed by atoms with E-state index in [0.717, 1.165) is 18.9 Å². The zero-order valence-corrected chi connectivity index (χ0v) is 15.3. The predicted molar refractivity (Wildman–Crippen MR) is 93.0 cm³/mol. The SMILES string of the molecule is CCOC(=O)C1=Cc2cc(Cl)c(N3CCCC3)c(Cl)c2OC1C(F)(F)F. The predicted octanol–water partition coefficient (Wildman–Crippen LogP) is 4.86. The Morgan fingerprint density at radius 1 is 1.35 bits per heavy atom. The number of carbonyl (C=O) groups excluding carboxylic acids is 1. The lowest BCUT2D eigenvalue weighted by atomic mass is 10.0. The Balaban J connectivity index is 2.11. The molecule has 0 spiro atoms. The summed E-state index contributed by atoms with van der Waals surface area (Å²) in [5, 5.41) is 0.312. The molecule has 0 aromatic heterocycles. The average molecular weight is 410 g/mol. The van der Waals surface area contributed by atoms with Gasteiger partial charge in [-0.15, -0.1) is 0 Å². The molecule has 2 aliphatic heterocycles. The fraction of sp³-hybridized carbons (Fsp3) is 0.471. The minimum atomic E-state index is -4.80. The molecule has 1 unspecified atom stereocenters. The number of rotatable bonds is 3. The largest absolute Gasteiger partial charge is 0.474 e. The first-order valence-electron chi connectivity index (χ1n) is 8.13. The van der Waals surface area contributed by atoms with E-state index in [1.165, 1.54) is 13.0 Å². The topological polar surface area (TPSA) is 38.8 Å². The second-order valence-electron chi connectivity index (χ2n) is 5.99. The Bertz CT molecular complexity index is 759. The summed E-state index contributed by atoms with van der Waals surface area (Å²) in [4.78, 5) is 13.9. The van der Waals surface area contributed by atoms with Gasteiger partial charge < -0.3 is 14.4 Å². The van der Waals surface area contributed by atoms with Gasteiger partial charge in [0.1, 0.15) is 10.8 Å². The summed E-state index contributed by atoms with van der Waals surface area (Å²) in [6.45, 7) is 2.88. The van der Waals surface area contributed by atoms with E-state index in [1.807, 2.05) is 4.90 Å². The number of hydrogen-bond donors (Lipinski definition) is 0. The van der Waals surface area contributed by atoms with E-state index in [4.69, 9.17) is 32.7 Å². The summed E-state index contributed by atoms with van der Waals surface area (Å²) in [5.74, 6) is -1.22. The minimum Gasteiger partial charge on any atom is -0.474 e. The van der Waals surface area contributed by atoms with Gasteiger partial charge in [0.05, 0.1) is 22.9 Å². The molecule has 0 amide bonds. The Labute approximate surface area is 158 Å². The Hall–Kier alpha value is -1.60. The number of hydrogen-bond acceptors (Lipinski definition) is 4. The second-order valence-corrected chi connectivity index (χ2v) is 6.78. The van der Waals surface area contributed by atoms with Crippen LogP contribution in [0.2, 0.25) is 10.0 Å². The number of esters is 1. The van der Waals surface area contributed by atoms with E-state index in [0.29, 0.717) is 23.8 Å². The Kier molecular flexibility index (Phi) is 5.30. The third kappa shape index (κ3) is 3.47. The van der Waals surface area contributed by atoms with Crippen LogP contribution < -0.4 is 9.64 Å². The molecule has 0 radical (unpaired) electrons. The van der Waals surface area contributed by atoms with Crippen LogP contribution in [0, 0.1) is 0 Å². The quantitative estimate of drug-likeness (QED) is 0.667. The monoisotopic (exact) mass is 409 g/mol. The van der Waals surface area contributed by atoms with Gasteiger partial charge in [-0.05, 0) is 31.9 Å². The maximum Gasteiger partial charge on any atom is 0.430 e. The van der Waals surface area contributed by atoms with Gasteiger partial charge in [-0.1, -0.05) is 23.2 Å². The number of carbonyl (C=O) groups is 1. The summed E-state index contributed by atoms with van der Waals surface area (Å²) in [6, 6.07) is 1.46. The fourth-order valence-electron chi connectivity index (χ4n) is 3.12. The first-order valence-corrected chi connectivity index (χ1v) is 8.88. The second kappa shape index (κ2) is 7.19. The molecule has 1 aromatic carbocycles. The van der Waals surface area contributed by atoms with Crippen molar-refractivity contribution in [2.45, 2.75) is 32.0 Å². The number of halogens is 5. The van der Waals surface area contributed by atoms with Crippen LogP contribution in [0.3, 0.4) is 0 Å². The Morgan fingerprint density at radius 3 is 2.58 bits per heavy atom. The van der Waals surface area contributed by atoms with Crippen molar-refractivity contribution < 1.29 is 27.4 Å². The van der Waals surface area contributed by atoms with E-state index >= 15 is 0 Å². The van der Waals surface area contributed by atoms with E-state index < -0.39 is 23.8 Å². The van der Waals surface area contributed by atoms with Crippen molar-refractivity contribution in [1.82, 2.24) is 0 Å². The standard InChI is InChI=1S/C17H16Cl2F3NO3/c1-2-25-16(24)10-7-9-8-11(18)13(23-5-3-4-6-23)12(19)14(9)26-15(10)17(20,21)22/h7-8,15H,2-6H2,1H3. The Morgan fingerprint density at radius 2 is 2.00 bits per heavy atom. The van der Waals surface area contributed by atoms with Crippen molar-refractivity contribution in [2.24, 2.45) is 0 Å². The first kappa shape index (κ1) is 19.2. The molecule has 0 aliphatic carbocycles. The molecular weight excluding hydrogens is 394 g/mol. The molecule has 2 heterocycles. The fourth-order valence-corrected chi connectivity index (χ4v) is 3.87. The zero-order valence-electron chi connectivity index (χ0n) is 13.8. The van der Waals surface area contributed by atoms with Gasteiger partial charge in [0, 0.05) is 18.7 Å². The van der Waals surface area contributed by atoms with Gasteiger partial charge in [0.2, 0.25) is 6.10 Å². The molecule has 0 saturated carbocycles. The normalized spacial score (nSPS) is 19.7. The maximum absolute atomic E-state index is 13.4. The highest BCUT2D eigenvalue weighted by molar-refractivity contribution is 6.40. The molecule has 4 nitrogen and oxygen atoms in total. The average Bonchev–Trinajstić information content (AvgIpc) is 3.07. The lowest BCUT2D eigenvalue weighted by Gasteiger charge is -2.30. The number of fused-ring (bicyclic) bond motifs is 1. The molecule has 26 heavy (non-hydrogen) atoms. The molecule has 0 bridgehead atoms. The number of anilines is 1. The summed E-state index contributed by atoms with van der Waals surface area (Å²) in [7, 11) is 0. The number of ether oxygens (including phenoxy) is 2. The molecular formula is C17H16Cl2F3NO3. The zero-order chi connectivity index (χ0) is 19.1. The molecule has 1 aromatic rings. The van der Waals surface area contributed by atoms with Crippen molar-refractivity contribution in [3.63, 3.8) is 0 Å². The maximum atomic E-state index is 13.4. The van der Waals surface area contributed by atoms with E-state index in [-0.39, 0.29) is 22.9 Å². The van der Waals surface area contributed by atoms with E-state index in [9.17, 15) is 18.0 Å². The number of nitrogens with zero attached hydrogens (tertiary/aromatic N) is 1. The lowest BCUT2D eigenvalue weighted by Crippen LogP contribution is -2.41. The molecule has 1 atom stereocenters. The van der Waals surface area contributed by atoms with Crippen LogP contribution in [0.1, 0.15) is 25.3 Å². The smallest absolute Gasteiger partial charge is 0.430 e. The van der Waals surface area contributed by atoms with Crippen LogP contribution in [0.25, 0.3) is 6.08 Å². The van der Waals surface area contributed by atoms with Crippen LogP contribution >= 0.6 is 23.2 Å². The molecule has 2 aliphatic rings. The summed E-state index contributed by atoms with van der Waals surface area (Å²) in [5.41, 5.74) is 0.0397. The molecule has 3 rings (SSSR count).